The van der Waals surface area contributed by atoms with Gasteiger partial charge in [0.05, 0.1) is 13.2 Å². The predicted molar refractivity (Wildman–Crippen MR) is 70.3 cm³/mol. The van der Waals surface area contributed by atoms with Crippen molar-refractivity contribution in [2.75, 3.05) is 19.8 Å². The molecule has 1 fully saturated rings. The molecule has 0 spiro atoms. The van der Waals surface area contributed by atoms with Crippen LogP contribution in [0, 0.1) is 0 Å². The average molecular weight is 281 g/mol. The second-order valence-corrected chi connectivity index (χ2v) is 6.45. The smallest absolute Gasteiger partial charge is 0.245 e. The zero-order valence-corrected chi connectivity index (χ0v) is 11.4. The maximum Gasteiger partial charge on any atom is 0.245 e. The van der Waals surface area contributed by atoms with Gasteiger partial charge in [-0.1, -0.05) is 0 Å². The fraction of sp³-hybridized carbons (Fsp3) is 0.417. The van der Waals surface area contributed by atoms with Crippen LogP contribution in [0.15, 0.2) is 29.4 Å². The maximum atomic E-state index is 12.7. The van der Waals surface area contributed by atoms with Crippen molar-refractivity contribution < 1.29 is 13.2 Å². The van der Waals surface area contributed by atoms with Gasteiger partial charge < -0.3 is 9.72 Å². The standard InChI is InChI=1S/C12H15N3O3S/c1-9-8-18-6-5-15(9)19(16,17)11-7-14-12-10(11)3-2-4-13-12/h2-4,7,9H,5-6,8H2,1H3,(H,13,14)/t9-/m1/s1. The van der Waals surface area contributed by atoms with Gasteiger partial charge in [0.15, 0.2) is 0 Å². The molecule has 0 saturated carbocycles. The Morgan fingerprint density at radius 3 is 3.16 bits per heavy atom. The fourth-order valence-corrected chi connectivity index (χ4v) is 4.09. The number of ether oxygens (including phenoxy) is 1. The van der Waals surface area contributed by atoms with Crippen molar-refractivity contribution in [3.05, 3.63) is 24.5 Å². The molecule has 19 heavy (non-hydrogen) atoms. The first-order valence-electron chi connectivity index (χ1n) is 6.12. The highest BCUT2D eigenvalue weighted by Crippen LogP contribution is 2.26. The van der Waals surface area contributed by atoms with Gasteiger partial charge in [-0.2, -0.15) is 4.31 Å². The third kappa shape index (κ3) is 2.03. The van der Waals surface area contributed by atoms with Crippen molar-refractivity contribution in [3.8, 4) is 0 Å². The lowest BCUT2D eigenvalue weighted by Crippen LogP contribution is -2.46. The molecule has 0 amide bonds. The zero-order chi connectivity index (χ0) is 13.5. The summed E-state index contributed by atoms with van der Waals surface area (Å²) >= 11 is 0. The average Bonchev–Trinajstić information content (AvgIpc) is 2.83. The van der Waals surface area contributed by atoms with E-state index in [1.165, 1.54) is 10.5 Å². The Balaban J connectivity index is 2.09. The van der Waals surface area contributed by atoms with Crippen LogP contribution >= 0.6 is 0 Å². The van der Waals surface area contributed by atoms with Gasteiger partial charge in [0.25, 0.3) is 0 Å². The number of H-pyrrole nitrogens is 1. The number of hydrogen-bond acceptors (Lipinski definition) is 4. The minimum absolute atomic E-state index is 0.152. The van der Waals surface area contributed by atoms with Gasteiger partial charge in [-0.15, -0.1) is 0 Å². The van der Waals surface area contributed by atoms with Crippen LogP contribution in [-0.2, 0) is 14.8 Å². The van der Waals surface area contributed by atoms with E-state index < -0.39 is 10.0 Å². The molecule has 6 nitrogen and oxygen atoms in total. The Hall–Kier alpha value is -1.44. The van der Waals surface area contributed by atoms with Crippen LogP contribution in [0.1, 0.15) is 6.92 Å². The van der Waals surface area contributed by atoms with Crippen LogP contribution < -0.4 is 0 Å². The summed E-state index contributed by atoms with van der Waals surface area (Å²) in [4.78, 5) is 7.30. The Labute approximate surface area is 111 Å². The highest BCUT2D eigenvalue weighted by atomic mass is 32.2. The molecule has 0 unspecified atom stereocenters. The number of rotatable bonds is 2. The lowest BCUT2D eigenvalue weighted by molar-refractivity contribution is 0.0393. The topological polar surface area (TPSA) is 75.3 Å². The summed E-state index contributed by atoms with van der Waals surface area (Å²) in [5.74, 6) is 0. The van der Waals surface area contributed by atoms with Crippen LogP contribution in [0.3, 0.4) is 0 Å². The first-order valence-corrected chi connectivity index (χ1v) is 7.56. The number of aromatic nitrogens is 2. The number of nitrogens with zero attached hydrogens (tertiary/aromatic N) is 2. The van der Waals surface area contributed by atoms with Crippen LogP contribution in [0.25, 0.3) is 11.0 Å². The van der Waals surface area contributed by atoms with Gasteiger partial charge >= 0.3 is 0 Å². The van der Waals surface area contributed by atoms with E-state index in [9.17, 15) is 8.42 Å². The molecule has 0 aliphatic carbocycles. The monoisotopic (exact) mass is 281 g/mol. The molecule has 7 heteroatoms. The number of sulfonamides is 1. The Kier molecular flexibility index (Phi) is 3.04. The molecule has 2 aromatic heterocycles. The molecule has 0 radical (unpaired) electrons. The first-order chi connectivity index (χ1) is 9.10. The molecule has 102 valence electrons. The minimum Gasteiger partial charge on any atom is -0.378 e. The largest absolute Gasteiger partial charge is 0.378 e. The third-order valence-electron chi connectivity index (χ3n) is 3.31. The number of nitrogens with one attached hydrogen (secondary N) is 1. The third-order valence-corrected chi connectivity index (χ3v) is 5.36. The molecule has 2 aromatic rings. The minimum atomic E-state index is -3.51. The molecular formula is C12H15N3O3S. The normalized spacial score (nSPS) is 21.8. The summed E-state index contributed by atoms with van der Waals surface area (Å²) in [7, 11) is -3.51. The number of hydrogen-bond donors (Lipinski definition) is 1. The molecular weight excluding hydrogens is 266 g/mol. The van der Waals surface area contributed by atoms with Crippen LogP contribution in [0.5, 0.6) is 0 Å². The molecule has 3 heterocycles. The summed E-state index contributed by atoms with van der Waals surface area (Å²) in [6.45, 7) is 3.10. The number of pyridine rings is 1. The van der Waals surface area contributed by atoms with Crippen molar-refractivity contribution in [2.24, 2.45) is 0 Å². The van der Waals surface area contributed by atoms with Crippen LogP contribution in [-0.4, -0.2) is 48.5 Å². The first kappa shape index (κ1) is 12.6. The molecule has 3 rings (SSSR count). The maximum absolute atomic E-state index is 12.7. The van der Waals surface area contributed by atoms with Crippen molar-refractivity contribution in [2.45, 2.75) is 17.9 Å². The second-order valence-electron chi connectivity index (χ2n) is 4.59. The lowest BCUT2D eigenvalue weighted by atomic mass is 10.3. The quantitative estimate of drug-likeness (QED) is 0.890. The van der Waals surface area contributed by atoms with Crippen LogP contribution in [0.4, 0.5) is 0 Å². The molecule has 1 atom stereocenters. The molecule has 1 N–H and O–H groups in total. The molecule has 1 saturated heterocycles. The van der Waals surface area contributed by atoms with E-state index in [4.69, 9.17) is 4.74 Å². The molecule has 1 aliphatic heterocycles. The van der Waals surface area contributed by atoms with E-state index in [-0.39, 0.29) is 10.9 Å². The fourth-order valence-electron chi connectivity index (χ4n) is 2.34. The summed E-state index contributed by atoms with van der Waals surface area (Å²) in [5.41, 5.74) is 0.585. The van der Waals surface area contributed by atoms with Crippen LogP contribution in [0.2, 0.25) is 0 Å². The van der Waals surface area contributed by atoms with Gasteiger partial charge in [-0.25, -0.2) is 13.4 Å². The van der Waals surface area contributed by atoms with Gasteiger partial charge in [0.2, 0.25) is 10.0 Å². The summed E-state index contributed by atoms with van der Waals surface area (Å²) < 4.78 is 32.2. The van der Waals surface area contributed by atoms with Gasteiger partial charge in [-0.3, -0.25) is 0 Å². The van der Waals surface area contributed by atoms with Crippen molar-refractivity contribution in [3.63, 3.8) is 0 Å². The zero-order valence-electron chi connectivity index (χ0n) is 10.5. The van der Waals surface area contributed by atoms with Crippen molar-refractivity contribution in [1.29, 1.82) is 0 Å². The Bertz CT molecular complexity index is 695. The van der Waals surface area contributed by atoms with E-state index in [1.807, 2.05) is 6.92 Å². The van der Waals surface area contributed by atoms with Gasteiger partial charge in [0.1, 0.15) is 10.5 Å². The predicted octanol–water partition coefficient (Wildman–Crippen LogP) is 0.972. The Morgan fingerprint density at radius 2 is 2.37 bits per heavy atom. The van der Waals surface area contributed by atoms with E-state index in [1.54, 1.807) is 18.3 Å². The second kappa shape index (κ2) is 4.59. The molecule has 1 aliphatic rings. The lowest BCUT2D eigenvalue weighted by Gasteiger charge is -2.31. The summed E-state index contributed by atoms with van der Waals surface area (Å²) in [6.07, 6.45) is 3.14. The van der Waals surface area contributed by atoms with Crippen molar-refractivity contribution >= 4 is 21.1 Å². The number of aromatic amines is 1. The van der Waals surface area contributed by atoms with Gasteiger partial charge in [-0.05, 0) is 19.1 Å². The number of fused-ring (bicyclic) bond motifs is 1. The van der Waals surface area contributed by atoms with E-state index in [0.717, 1.165) is 0 Å². The summed E-state index contributed by atoms with van der Waals surface area (Å²) in [6, 6.07) is 3.34. The van der Waals surface area contributed by atoms with Crippen molar-refractivity contribution in [1.82, 2.24) is 14.3 Å². The number of morpholine rings is 1. The molecule has 0 bridgehead atoms. The highest BCUT2D eigenvalue weighted by Gasteiger charge is 2.33. The van der Waals surface area contributed by atoms with E-state index in [0.29, 0.717) is 30.8 Å². The van der Waals surface area contributed by atoms with E-state index in [2.05, 4.69) is 9.97 Å². The summed E-state index contributed by atoms with van der Waals surface area (Å²) in [5, 5.41) is 0.626. The highest BCUT2D eigenvalue weighted by molar-refractivity contribution is 7.89. The Morgan fingerprint density at radius 1 is 1.53 bits per heavy atom. The SMILES string of the molecule is C[C@@H]1COCCN1S(=O)(=O)c1c[nH]c2ncccc12. The molecule has 0 aromatic carbocycles. The van der Waals surface area contributed by atoms with Gasteiger partial charge in [0, 0.05) is 30.4 Å². The van der Waals surface area contributed by atoms with E-state index >= 15 is 0 Å².